The lowest BCUT2D eigenvalue weighted by Crippen LogP contribution is -2.24. The van der Waals surface area contributed by atoms with Crippen molar-refractivity contribution in [2.75, 3.05) is 6.54 Å². The highest BCUT2D eigenvalue weighted by atomic mass is 127. The number of nitrogens with zero attached hydrogens (tertiary/aromatic N) is 2. The molecule has 5 heteroatoms. The molecule has 21 heavy (non-hydrogen) atoms. The molecule has 1 atom stereocenters. The quantitative estimate of drug-likeness (QED) is 0.716. The van der Waals surface area contributed by atoms with Crippen LogP contribution in [0.1, 0.15) is 36.8 Å². The van der Waals surface area contributed by atoms with Gasteiger partial charge >= 0.3 is 0 Å². The predicted molar refractivity (Wildman–Crippen MR) is 96.9 cm³/mol. The van der Waals surface area contributed by atoms with E-state index in [1.807, 2.05) is 11.7 Å². The van der Waals surface area contributed by atoms with Crippen molar-refractivity contribution in [1.29, 1.82) is 0 Å². The van der Waals surface area contributed by atoms with E-state index < -0.39 is 0 Å². The Labute approximate surface area is 145 Å². The van der Waals surface area contributed by atoms with Crippen molar-refractivity contribution < 1.29 is 0 Å². The van der Waals surface area contributed by atoms with Crippen LogP contribution in [0.3, 0.4) is 0 Å². The van der Waals surface area contributed by atoms with Crippen LogP contribution in [0.15, 0.2) is 24.3 Å². The standard InChI is InChI=1S/C16H21ClIN3/c1-4-13-16(17)15(21(3)20-13)10-14(19-5-2)11-7-6-8-12(18)9-11/h6-9,14,19H,4-5,10H2,1-3H3. The van der Waals surface area contributed by atoms with Crippen molar-refractivity contribution in [2.24, 2.45) is 7.05 Å². The van der Waals surface area contributed by atoms with Gasteiger partial charge in [0.05, 0.1) is 16.4 Å². The van der Waals surface area contributed by atoms with Gasteiger partial charge in [-0.25, -0.2) is 0 Å². The Balaban J connectivity index is 2.30. The van der Waals surface area contributed by atoms with Crippen LogP contribution in [0.2, 0.25) is 5.02 Å². The fourth-order valence-electron chi connectivity index (χ4n) is 2.51. The third kappa shape index (κ3) is 3.99. The minimum Gasteiger partial charge on any atom is -0.310 e. The monoisotopic (exact) mass is 417 g/mol. The molecule has 1 unspecified atom stereocenters. The van der Waals surface area contributed by atoms with E-state index in [2.05, 4.69) is 71.1 Å². The second-order valence-corrected chi connectivity index (χ2v) is 6.68. The summed E-state index contributed by atoms with van der Waals surface area (Å²) in [6.07, 6.45) is 1.71. The molecular formula is C16H21ClIN3. The van der Waals surface area contributed by atoms with Gasteiger partial charge in [0, 0.05) is 23.1 Å². The fourth-order valence-corrected chi connectivity index (χ4v) is 3.45. The molecule has 0 bridgehead atoms. The molecule has 114 valence electrons. The number of aromatic nitrogens is 2. The maximum absolute atomic E-state index is 6.48. The second kappa shape index (κ2) is 7.61. The Kier molecular flexibility index (Phi) is 6.08. The first kappa shape index (κ1) is 16.8. The fraction of sp³-hybridized carbons (Fsp3) is 0.438. The predicted octanol–water partition coefficient (Wildman–Crippen LogP) is 4.13. The Hall–Kier alpha value is -0.590. The summed E-state index contributed by atoms with van der Waals surface area (Å²) in [5, 5.41) is 8.88. The highest BCUT2D eigenvalue weighted by molar-refractivity contribution is 14.1. The van der Waals surface area contributed by atoms with Crippen molar-refractivity contribution in [3.63, 3.8) is 0 Å². The van der Waals surface area contributed by atoms with Gasteiger partial charge in [-0.3, -0.25) is 4.68 Å². The Morgan fingerprint density at radius 3 is 2.71 bits per heavy atom. The van der Waals surface area contributed by atoms with Crippen LogP contribution >= 0.6 is 34.2 Å². The van der Waals surface area contributed by atoms with E-state index in [1.54, 1.807) is 0 Å². The molecule has 1 aromatic carbocycles. The maximum Gasteiger partial charge on any atom is 0.0850 e. The molecule has 2 aromatic rings. The van der Waals surface area contributed by atoms with Crippen LogP contribution < -0.4 is 5.32 Å². The van der Waals surface area contributed by atoms with Gasteiger partial charge in [0.15, 0.2) is 0 Å². The summed E-state index contributed by atoms with van der Waals surface area (Å²) in [5.74, 6) is 0. The van der Waals surface area contributed by atoms with Crippen LogP contribution in [-0.2, 0) is 19.9 Å². The van der Waals surface area contributed by atoms with E-state index in [9.17, 15) is 0 Å². The Morgan fingerprint density at radius 1 is 1.38 bits per heavy atom. The summed E-state index contributed by atoms with van der Waals surface area (Å²) in [4.78, 5) is 0. The molecule has 0 aliphatic carbocycles. The zero-order valence-corrected chi connectivity index (χ0v) is 15.6. The molecule has 0 fully saturated rings. The van der Waals surface area contributed by atoms with E-state index in [4.69, 9.17) is 11.6 Å². The number of halogens is 2. The minimum atomic E-state index is 0.252. The Morgan fingerprint density at radius 2 is 2.14 bits per heavy atom. The highest BCUT2D eigenvalue weighted by Crippen LogP contribution is 2.27. The van der Waals surface area contributed by atoms with E-state index >= 15 is 0 Å². The van der Waals surface area contributed by atoms with Crippen LogP contribution in [0, 0.1) is 3.57 Å². The average Bonchev–Trinajstić information content (AvgIpc) is 2.74. The summed E-state index contributed by atoms with van der Waals surface area (Å²) >= 11 is 8.83. The number of likely N-dealkylation sites (N-methyl/N-ethyl adjacent to an activating group) is 1. The van der Waals surface area contributed by atoms with Gasteiger partial charge in [0.2, 0.25) is 0 Å². The first-order valence-electron chi connectivity index (χ1n) is 7.25. The average molecular weight is 418 g/mol. The van der Waals surface area contributed by atoms with Crippen LogP contribution in [0.5, 0.6) is 0 Å². The van der Waals surface area contributed by atoms with Crippen molar-refractivity contribution >= 4 is 34.2 Å². The zero-order chi connectivity index (χ0) is 15.4. The number of nitrogens with one attached hydrogen (secondary N) is 1. The molecular weight excluding hydrogens is 397 g/mol. The zero-order valence-electron chi connectivity index (χ0n) is 12.7. The van der Waals surface area contributed by atoms with Gasteiger partial charge in [0.1, 0.15) is 0 Å². The summed E-state index contributed by atoms with van der Waals surface area (Å²) in [6.45, 7) is 5.13. The molecule has 1 N–H and O–H groups in total. The molecule has 0 amide bonds. The molecule has 1 aromatic heterocycles. The second-order valence-electron chi connectivity index (χ2n) is 5.05. The lowest BCUT2D eigenvalue weighted by molar-refractivity contribution is 0.528. The van der Waals surface area contributed by atoms with Gasteiger partial charge in [-0.15, -0.1) is 0 Å². The summed E-state index contributed by atoms with van der Waals surface area (Å²) < 4.78 is 3.16. The third-order valence-electron chi connectivity index (χ3n) is 3.60. The van der Waals surface area contributed by atoms with E-state index in [1.165, 1.54) is 9.13 Å². The highest BCUT2D eigenvalue weighted by Gasteiger charge is 2.19. The summed E-state index contributed by atoms with van der Waals surface area (Å²) in [7, 11) is 1.97. The van der Waals surface area contributed by atoms with Gasteiger partial charge in [-0.05, 0) is 53.3 Å². The van der Waals surface area contributed by atoms with Gasteiger partial charge in [-0.2, -0.15) is 5.10 Å². The molecule has 0 aliphatic heterocycles. The van der Waals surface area contributed by atoms with Gasteiger partial charge < -0.3 is 5.32 Å². The normalized spacial score (nSPS) is 12.6. The SMILES string of the molecule is CCNC(Cc1c(Cl)c(CC)nn1C)c1cccc(I)c1. The molecule has 0 spiro atoms. The van der Waals surface area contributed by atoms with Crippen LogP contribution in [0.25, 0.3) is 0 Å². The van der Waals surface area contributed by atoms with Crippen LogP contribution in [-0.4, -0.2) is 16.3 Å². The van der Waals surface area contributed by atoms with Gasteiger partial charge in [-0.1, -0.05) is 37.6 Å². The lowest BCUT2D eigenvalue weighted by Gasteiger charge is -2.19. The number of aryl methyl sites for hydroxylation is 2. The number of hydrogen-bond acceptors (Lipinski definition) is 2. The molecule has 0 saturated carbocycles. The van der Waals surface area contributed by atoms with Gasteiger partial charge in [0.25, 0.3) is 0 Å². The van der Waals surface area contributed by atoms with E-state index in [-0.39, 0.29) is 6.04 Å². The molecule has 2 rings (SSSR count). The lowest BCUT2D eigenvalue weighted by atomic mass is 10.0. The molecule has 0 radical (unpaired) electrons. The number of rotatable bonds is 6. The summed E-state index contributed by atoms with van der Waals surface area (Å²) in [6, 6.07) is 8.85. The first-order chi connectivity index (χ1) is 10.1. The van der Waals surface area contributed by atoms with E-state index in [0.29, 0.717) is 0 Å². The maximum atomic E-state index is 6.48. The molecule has 0 aliphatic rings. The number of benzene rings is 1. The molecule has 3 nitrogen and oxygen atoms in total. The number of hydrogen-bond donors (Lipinski definition) is 1. The summed E-state index contributed by atoms with van der Waals surface area (Å²) in [5.41, 5.74) is 3.37. The van der Waals surface area contributed by atoms with Crippen LogP contribution in [0.4, 0.5) is 0 Å². The molecule has 0 saturated heterocycles. The minimum absolute atomic E-state index is 0.252. The molecule has 1 heterocycles. The van der Waals surface area contributed by atoms with Crippen molar-refractivity contribution in [3.05, 3.63) is 49.8 Å². The Bertz CT molecular complexity index is 610. The first-order valence-corrected chi connectivity index (χ1v) is 8.71. The largest absolute Gasteiger partial charge is 0.310 e. The topological polar surface area (TPSA) is 29.9 Å². The van der Waals surface area contributed by atoms with Crippen molar-refractivity contribution in [2.45, 2.75) is 32.7 Å². The van der Waals surface area contributed by atoms with Crippen molar-refractivity contribution in [1.82, 2.24) is 15.1 Å². The van der Waals surface area contributed by atoms with E-state index in [0.717, 1.165) is 35.8 Å². The van der Waals surface area contributed by atoms with Crippen molar-refractivity contribution in [3.8, 4) is 0 Å². The third-order valence-corrected chi connectivity index (χ3v) is 4.71. The smallest absolute Gasteiger partial charge is 0.0850 e.